The fraction of sp³-hybridized carbons (Fsp3) is 0.444. The maximum absolute atomic E-state index is 5.39. The zero-order valence-corrected chi connectivity index (χ0v) is 15.8. The molecule has 0 amide bonds. The van der Waals surface area contributed by atoms with Crippen LogP contribution >= 0.6 is 0 Å². The summed E-state index contributed by atoms with van der Waals surface area (Å²) in [5, 5.41) is 6.55. The fourth-order valence-electron chi connectivity index (χ4n) is 2.46. The molecule has 0 atom stereocenters. The maximum atomic E-state index is 5.39. The lowest BCUT2D eigenvalue weighted by molar-refractivity contribution is 0.324. The van der Waals surface area contributed by atoms with E-state index in [9.17, 15) is 0 Å². The monoisotopic (exact) mass is 361 g/mol. The molecule has 0 saturated carbocycles. The van der Waals surface area contributed by atoms with Crippen molar-refractivity contribution < 1.29 is 14.2 Å². The van der Waals surface area contributed by atoms with E-state index in [4.69, 9.17) is 14.2 Å². The summed E-state index contributed by atoms with van der Waals surface area (Å²) in [6.07, 6.45) is 5.49. The molecule has 0 spiro atoms. The molecule has 0 aliphatic carbocycles. The maximum Gasteiger partial charge on any atom is 0.203 e. The van der Waals surface area contributed by atoms with Crippen molar-refractivity contribution in [3.63, 3.8) is 0 Å². The predicted molar refractivity (Wildman–Crippen MR) is 101 cm³/mol. The highest BCUT2D eigenvalue weighted by molar-refractivity contribution is 5.79. The summed E-state index contributed by atoms with van der Waals surface area (Å²) in [5.74, 6) is 2.57. The Morgan fingerprint density at radius 1 is 1.12 bits per heavy atom. The van der Waals surface area contributed by atoms with E-state index in [2.05, 4.69) is 20.6 Å². The van der Waals surface area contributed by atoms with Gasteiger partial charge in [-0.05, 0) is 24.6 Å². The molecular formula is C18H27N5O3. The third kappa shape index (κ3) is 5.30. The molecule has 26 heavy (non-hydrogen) atoms. The van der Waals surface area contributed by atoms with Crippen LogP contribution in [0.1, 0.15) is 12.5 Å². The number of methoxy groups -OCH3 is 3. The van der Waals surface area contributed by atoms with E-state index < -0.39 is 0 Å². The first-order chi connectivity index (χ1) is 12.7. The molecule has 142 valence electrons. The summed E-state index contributed by atoms with van der Waals surface area (Å²) in [6, 6.07) is 3.81. The van der Waals surface area contributed by atoms with Gasteiger partial charge in [-0.25, -0.2) is 9.98 Å². The molecule has 0 aliphatic rings. The van der Waals surface area contributed by atoms with E-state index >= 15 is 0 Å². The molecule has 1 aromatic carbocycles. The topological polar surface area (TPSA) is 81.9 Å². The Kier molecular flexibility index (Phi) is 7.60. The number of ether oxygens (including phenoxy) is 3. The first-order valence-corrected chi connectivity index (χ1v) is 8.48. The summed E-state index contributed by atoms with van der Waals surface area (Å²) in [5.41, 5.74) is 0.964. The second-order valence-corrected chi connectivity index (χ2v) is 5.46. The average Bonchev–Trinajstić information content (AvgIpc) is 3.18. The third-order valence-corrected chi connectivity index (χ3v) is 3.71. The van der Waals surface area contributed by atoms with Crippen LogP contribution < -0.4 is 24.8 Å². The van der Waals surface area contributed by atoms with Crippen LogP contribution in [-0.2, 0) is 13.1 Å². The van der Waals surface area contributed by atoms with Gasteiger partial charge in [0.2, 0.25) is 5.75 Å². The molecule has 0 unspecified atom stereocenters. The van der Waals surface area contributed by atoms with Gasteiger partial charge >= 0.3 is 0 Å². The number of rotatable bonds is 9. The van der Waals surface area contributed by atoms with Crippen LogP contribution in [-0.4, -0.2) is 49.9 Å². The Balaban J connectivity index is 2.05. The molecular weight excluding hydrogens is 334 g/mol. The zero-order valence-electron chi connectivity index (χ0n) is 15.8. The quantitative estimate of drug-likeness (QED) is 0.522. The van der Waals surface area contributed by atoms with E-state index in [1.807, 2.05) is 29.8 Å². The number of aromatic nitrogens is 2. The highest BCUT2D eigenvalue weighted by Gasteiger charge is 2.13. The summed E-state index contributed by atoms with van der Waals surface area (Å²) in [7, 11) is 4.80. The number of nitrogens with one attached hydrogen (secondary N) is 2. The van der Waals surface area contributed by atoms with Crippen LogP contribution in [0.3, 0.4) is 0 Å². The number of imidazole rings is 1. The van der Waals surface area contributed by atoms with Gasteiger partial charge in [-0.2, -0.15) is 0 Å². The minimum absolute atomic E-state index is 0.483. The Morgan fingerprint density at radius 2 is 1.85 bits per heavy atom. The Labute approximate surface area is 154 Å². The van der Waals surface area contributed by atoms with E-state index in [0.717, 1.165) is 31.2 Å². The second-order valence-electron chi connectivity index (χ2n) is 5.46. The van der Waals surface area contributed by atoms with Gasteiger partial charge in [0, 0.05) is 32.0 Å². The number of hydrogen-bond acceptors (Lipinski definition) is 5. The fourth-order valence-corrected chi connectivity index (χ4v) is 2.46. The highest BCUT2D eigenvalue weighted by Crippen LogP contribution is 2.38. The standard InChI is InChI=1S/C18H27N5O3/c1-5-20-18(21-7-9-23-8-6-19-13-23)22-12-14-10-15(24-2)17(26-4)16(11-14)25-3/h6,8,10-11,13H,5,7,9,12H2,1-4H3,(H2,20,21,22). The van der Waals surface area contributed by atoms with Gasteiger partial charge in [0.1, 0.15) is 0 Å². The van der Waals surface area contributed by atoms with Crippen LogP contribution in [0.15, 0.2) is 35.8 Å². The van der Waals surface area contributed by atoms with Crippen LogP contribution in [0.4, 0.5) is 0 Å². The number of hydrogen-bond donors (Lipinski definition) is 2. The van der Waals surface area contributed by atoms with Gasteiger partial charge in [-0.1, -0.05) is 0 Å². The molecule has 1 aromatic heterocycles. The van der Waals surface area contributed by atoms with Crippen molar-refractivity contribution in [2.24, 2.45) is 4.99 Å². The van der Waals surface area contributed by atoms with E-state index in [1.165, 1.54) is 0 Å². The normalized spacial score (nSPS) is 11.2. The summed E-state index contributed by atoms with van der Waals surface area (Å²) >= 11 is 0. The number of aliphatic imine (C=N–C) groups is 1. The first-order valence-electron chi connectivity index (χ1n) is 8.48. The lowest BCUT2D eigenvalue weighted by Crippen LogP contribution is -2.38. The largest absolute Gasteiger partial charge is 0.493 e. The van der Waals surface area contributed by atoms with Crippen LogP contribution in [0.5, 0.6) is 17.2 Å². The van der Waals surface area contributed by atoms with Crippen molar-refractivity contribution >= 4 is 5.96 Å². The SMILES string of the molecule is CCNC(=NCc1cc(OC)c(OC)c(OC)c1)NCCn1ccnc1. The third-order valence-electron chi connectivity index (χ3n) is 3.71. The Morgan fingerprint density at radius 3 is 2.38 bits per heavy atom. The van der Waals surface area contributed by atoms with Crippen LogP contribution in [0.2, 0.25) is 0 Å². The van der Waals surface area contributed by atoms with Gasteiger partial charge in [-0.3, -0.25) is 0 Å². The number of nitrogens with zero attached hydrogens (tertiary/aromatic N) is 3. The van der Waals surface area contributed by atoms with Crippen LogP contribution in [0, 0.1) is 0 Å². The van der Waals surface area contributed by atoms with Gasteiger partial charge in [0.25, 0.3) is 0 Å². The van der Waals surface area contributed by atoms with Gasteiger partial charge in [0.05, 0.1) is 34.2 Å². The summed E-state index contributed by atoms with van der Waals surface area (Å²) in [6.45, 7) is 4.86. The van der Waals surface area contributed by atoms with Crippen molar-refractivity contribution in [1.82, 2.24) is 20.2 Å². The summed E-state index contributed by atoms with van der Waals surface area (Å²) in [4.78, 5) is 8.66. The minimum Gasteiger partial charge on any atom is -0.493 e. The van der Waals surface area contributed by atoms with Crippen molar-refractivity contribution in [2.45, 2.75) is 20.0 Å². The Bertz CT molecular complexity index is 676. The summed E-state index contributed by atoms with van der Waals surface area (Å²) < 4.78 is 18.1. The van der Waals surface area contributed by atoms with Gasteiger partial charge in [0.15, 0.2) is 17.5 Å². The lowest BCUT2D eigenvalue weighted by Gasteiger charge is -2.14. The van der Waals surface area contributed by atoms with Crippen molar-refractivity contribution in [2.75, 3.05) is 34.4 Å². The molecule has 8 nitrogen and oxygen atoms in total. The van der Waals surface area contributed by atoms with Crippen molar-refractivity contribution in [3.8, 4) is 17.2 Å². The number of benzene rings is 1. The zero-order chi connectivity index (χ0) is 18.8. The predicted octanol–water partition coefficient (Wildman–Crippen LogP) is 1.66. The van der Waals surface area contributed by atoms with Crippen molar-refractivity contribution in [1.29, 1.82) is 0 Å². The molecule has 2 rings (SSSR count). The molecule has 8 heteroatoms. The molecule has 0 radical (unpaired) electrons. The lowest BCUT2D eigenvalue weighted by atomic mass is 10.2. The van der Waals surface area contributed by atoms with Crippen molar-refractivity contribution in [3.05, 3.63) is 36.4 Å². The van der Waals surface area contributed by atoms with Crippen LogP contribution in [0.25, 0.3) is 0 Å². The van der Waals surface area contributed by atoms with E-state index in [0.29, 0.717) is 23.8 Å². The number of guanidine groups is 1. The minimum atomic E-state index is 0.483. The van der Waals surface area contributed by atoms with E-state index in [-0.39, 0.29) is 0 Å². The Hall–Kier alpha value is -2.90. The molecule has 0 aliphatic heterocycles. The molecule has 0 bridgehead atoms. The van der Waals surface area contributed by atoms with Gasteiger partial charge in [-0.15, -0.1) is 0 Å². The molecule has 2 N–H and O–H groups in total. The van der Waals surface area contributed by atoms with Gasteiger partial charge < -0.3 is 29.4 Å². The molecule has 0 fully saturated rings. The van der Waals surface area contributed by atoms with E-state index in [1.54, 1.807) is 33.9 Å². The smallest absolute Gasteiger partial charge is 0.203 e. The molecule has 1 heterocycles. The molecule has 0 saturated heterocycles. The first kappa shape index (κ1) is 19.4. The molecule has 2 aromatic rings. The second kappa shape index (κ2) is 10.2. The highest BCUT2D eigenvalue weighted by atomic mass is 16.5. The average molecular weight is 361 g/mol.